The van der Waals surface area contributed by atoms with Gasteiger partial charge in [0, 0.05) is 6.61 Å². The quantitative estimate of drug-likeness (QED) is 0.886. The Labute approximate surface area is 98.0 Å². The lowest BCUT2D eigenvalue weighted by atomic mass is 10.0. The van der Waals surface area contributed by atoms with Crippen molar-refractivity contribution in [1.29, 1.82) is 0 Å². The molecular weight excluding hydrogens is 233 g/mol. The summed E-state index contributed by atoms with van der Waals surface area (Å²) in [5.41, 5.74) is -0.309. The molecule has 0 bridgehead atoms. The molecule has 1 rings (SSSR count). The van der Waals surface area contributed by atoms with E-state index in [0.29, 0.717) is 12.2 Å². The van der Waals surface area contributed by atoms with Gasteiger partial charge in [-0.15, -0.1) is 0 Å². The molecular formula is C12H15F3O2. The van der Waals surface area contributed by atoms with Gasteiger partial charge >= 0.3 is 6.18 Å². The third kappa shape index (κ3) is 3.71. The van der Waals surface area contributed by atoms with Crippen molar-refractivity contribution >= 4 is 0 Å². The van der Waals surface area contributed by atoms with E-state index in [1.165, 1.54) is 12.1 Å². The summed E-state index contributed by atoms with van der Waals surface area (Å²) in [5, 5.41) is 9.81. The fraction of sp³-hybridized carbons (Fsp3) is 0.500. The molecule has 0 aliphatic heterocycles. The zero-order valence-electron chi connectivity index (χ0n) is 9.66. The van der Waals surface area contributed by atoms with E-state index in [0.717, 1.165) is 12.1 Å². The maximum Gasteiger partial charge on any atom is 0.416 e. The van der Waals surface area contributed by atoms with Crippen LogP contribution in [0.15, 0.2) is 24.3 Å². The predicted molar refractivity (Wildman–Crippen MR) is 57.5 cm³/mol. The molecule has 0 aromatic heterocycles. The third-order valence-corrected chi connectivity index (χ3v) is 2.45. The minimum absolute atomic E-state index is 0.416. The summed E-state index contributed by atoms with van der Waals surface area (Å²) in [6, 6.07) is 4.44. The Hall–Kier alpha value is -1.07. The van der Waals surface area contributed by atoms with Gasteiger partial charge in [0.05, 0.1) is 11.7 Å². The smallest absolute Gasteiger partial charge is 0.386 e. The summed E-state index contributed by atoms with van der Waals surface area (Å²) in [6.45, 7) is 3.90. The first-order chi connectivity index (χ1) is 7.86. The SMILES string of the molecule is CCOC(C)C(O)c1ccc(C(F)(F)F)cc1. The molecule has 1 aromatic rings. The number of rotatable bonds is 4. The van der Waals surface area contributed by atoms with E-state index in [1.807, 2.05) is 0 Å². The first-order valence-electron chi connectivity index (χ1n) is 5.33. The summed E-state index contributed by atoms with van der Waals surface area (Å²) in [5.74, 6) is 0. The molecule has 0 fully saturated rings. The van der Waals surface area contributed by atoms with Gasteiger partial charge in [0.2, 0.25) is 0 Å². The van der Waals surface area contributed by atoms with Crippen LogP contribution in [0.5, 0.6) is 0 Å². The highest BCUT2D eigenvalue weighted by Gasteiger charge is 2.30. The number of hydrogen-bond acceptors (Lipinski definition) is 2. The molecule has 96 valence electrons. The van der Waals surface area contributed by atoms with E-state index in [4.69, 9.17) is 4.74 Å². The fourth-order valence-corrected chi connectivity index (χ4v) is 1.49. The Morgan fingerprint density at radius 3 is 2.18 bits per heavy atom. The van der Waals surface area contributed by atoms with Crippen LogP contribution in [0, 0.1) is 0 Å². The standard InChI is InChI=1S/C12H15F3O2/c1-3-17-8(2)11(16)9-4-6-10(7-5-9)12(13,14)15/h4-8,11,16H,3H2,1-2H3. The first-order valence-corrected chi connectivity index (χ1v) is 5.33. The normalized spacial score (nSPS) is 15.6. The van der Waals surface area contributed by atoms with E-state index in [-0.39, 0.29) is 0 Å². The molecule has 0 saturated carbocycles. The maximum atomic E-state index is 12.3. The molecule has 0 saturated heterocycles. The minimum Gasteiger partial charge on any atom is -0.386 e. The van der Waals surface area contributed by atoms with E-state index < -0.39 is 23.9 Å². The summed E-state index contributed by atoms with van der Waals surface area (Å²) in [4.78, 5) is 0. The van der Waals surface area contributed by atoms with Gasteiger partial charge in [-0.3, -0.25) is 0 Å². The lowest BCUT2D eigenvalue weighted by Gasteiger charge is -2.19. The molecule has 0 aliphatic carbocycles. The van der Waals surface area contributed by atoms with Crippen LogP contribution in [0.2, 0.25) is 0 Å². The van der Waals surface area contributed by atoms with Crippen molar-refractivity contribution in [3.05, 3.63) is 35.4 Å². The van der Waals surface area contributed by atoms with Gasteiger partial charge in [-0.1, -0.05) is 12.1 Å². The second-order valence-electron chi connectivity index (χ2n) is 3.73. The maximum absolute atomic E-state index is 12.3. The van der Waals surface area contributed by atoms with Gasteiger partial charge in [0.15, 0.2) is 0 Å². The molecule has 0 radical (unpaired) electrons. The van der Waals surface area contributed by atoms with Gasteiger partial charge in [-0.25, -0.2) is 0 Å². The Balaban J connectivity index is 2.80. The van der Waals surface area contributed by atoms with E-state index in [2.05, 4.69) is 0 Å². The highest BCUT2D eigenvalue weighted by Crippen LogP contribution is 2.30. The van der Waals surface area contributed by atoms with Crippen LogP contribution in [-0.4, -0.2) is 17.8 Å². The van der Waals surface area contributed by atoms with Crippen LogP contribution in [0.25, 0.3) is 0 Å². The summed E-state index contributed by atoms with van der Waals surface area (Å²) < 4.78 is 42.1. The van der Waals surface area contributed by atoms with Crippen molar-refractivity contribution in [2.75, 3.05) is 6.61 Å². The molecule has 0 aliphatic rings. The van der Waals surface area contributed by atoms with Crippen LogP contribution < -0.4 is 0 Å². The number of hydrogen-bond donors (Lipinski definition) is 1. The van der Waals surface area contributed by atoms with Crippen molar-refractivity contribution in [3.8, 4) is 0 Å². The van der Waals surface area contributed by atoms with Crippen LogP contribution in [0.3, 0.4) is 0 Å². The van der Waals surface area contributed by atoms with Gasteiger partial charge in [0.25, 0.3) is 0 Å². The molecule has 2 nitrogen and oxygen atoms in total. The predicted octanol–water partition coefficient (Wildman–Crippen LogP) is 3.16. The molecule has 2 unspecified atom stereocenters. The Bertz CT molecular complexity index is 346. The van der Waals surface area contributed by atoms with E-state index >= 15 is 0 Å². The zero-order chi connectivity index (χ0) is 13.1. The zero-order valence-corrected chi connectivity index (χ0v) is 9.66. The van der Waals surface area contributed by atoms with Crippen molar-refractivity contribution in [2.24, 2.45) is 0 Å². The first kappa shape index (κ1) is 14.0. The highest BCUT2D eigenvalue weighted by molar-refractivity contribution is 5.26. The minimum atomic E-state index is -4.35. The van der Waals surface area contributed by atoms with Crippen LogP contribution in [0.4, 0.5) is 13.2 Å². The number of alkyl halides is 3. The Kier molecular flexibility index (Phi) is 4.54. The number of aliphatic hydroxyl groups is 1. The Morgan fingerprint density at radius 1 is 1.24 bits per heavy atom. The van der Waals surface area contributed by atoms with Gasteiger partial charge < -0.3 is 9.84 Å². The second kappa shape index (κ2) is 5.51. The summed E-state index contributed by atoms with van der Waals surface area (Å²) >= 11 is 0. The molecule has 17 heavy (non-hydrogen) atoms. The number of aliphatic hydroxyl groups excluding tert-OH is 1. The van der Waals surface area contributed by atoms with Crippen molar-refractivity contribution in [2.45, 2.75) is 32.2 Å². The molecule has 1 aromatic carbocycles. The highest BCUT2D eigenvalue weighted by atomic mass is 19.4. The van der Waals surface area contributed by atoms with Crippen molar-refractivity contribution in [3.63, 3.8) is 0 Å². The molecule has 5 heteroatoms. The average Bonchev–Trinajstić information content (AvgIpc) is 2.27. The molecule has 0 spiro atoms. The number of halogens is 3. The van der Waals surface area contributed by atoms with Crippen molar-refractivity contribution in [1.82, 2.24) is 0 Å². The summed E-state index contributed by atoms with van der Waals surface area (Å²) in [6.07, 6.45) is -5.72. The largest absolute Gasteiger partial charge is 0.416 e. The third-order valence-electron chi connectivity index (χ3n) is 2.45. The van der Waals surface area contributed by atoms with Crippen molar-refractivity contribution < 1.29 is 23.0 Å². The molecule has 1 N–H and O–H groups in total. The monoisotopic (exact) mass is 248 g/mol. The van der Waals surface area contributed by atoms with Gasteiger partial charge in [-0.2, -0.15) is 13.2 Å². The van der Waals surface area contributed by atoms with Crippen LogP contribution >= 0.6 is 0 Å². The molecule has 2 atom stereocenters. The lowest BCUT2D eigenvalue weighted by Crippen LogP contribution is -2.18. The molecule has 0 amide bonds. The van der Waals surface area contributed by atoms with Gasteiger partial charge in [0.1, 0.15) is 6.10 Å². The van der Waals surface area contributed by atoms with E-state index in [9.17, 15) is 18.3 Å². The fourth-order valence-electron chi connectivity index (χ4n) is 1.49. The van der Waals surface area contributed by atoms with Crippen LogP contribution in [-0.2, 0) is 10.9 Å². The lowest BCUT2D eigenvalue weighted by molar-refractivity contribution is -0.137. The Morgan fingerprint density at radius 2 is 1.76 bits per heavy atom. The topological polar surface area (TPSA) is 29.5 Å². The number of ether oxygens (including phenoxy) is 1. The number of benzene rings is 1. The van der Waals surface area contributed by atoms with Gasteiger partial charge in [-0.05, 0) is 31.5 Å². The summed E-state index contributed by atoms with van der Waals surface area (Å²) in [7, 11) is 0. The average molecular weight is 248 g/mol. The van der Waals surface area contributed by atoms with Crippen LogP contribution in [0.1, 0.15) is 31.1 Å². The van der Waals surface area contributed by atoms with E-state index in [1.54, 1.807) is 13.8 Å². The molecule has 0 heterocycles. The second-order valence-corrected chi connectivity index (χ2v) is 3.73.